The van der Waals surface area contributed by atoms with Gasteiger partial charge >= 0.3 is 0 Å². The Labute approximate surface area is 178 Å². The SMILES string of the molecule is COc1cccc(CNC2C3CC4CC(C3)CC2C4)c1OCc1cccc(Cl)c1. The van der Waals surface area contributed by atoms with E-state index in [0.717, 1.165) is 52.3 Å². The van der Waals surface area contributed by atoms with Crippen LogP contribution in [0.15, 0.2) is 42.5 Å². The molecular weight excluding hydrogens is 382 g/mol. The Morgan fingerprint density at radius 3 is 2.38 bits per heavy atom. The van der Waals surface area contributed by atoms with Crippen LogP contribution in [0.3, 0.4) is 0 Å². The lowest BCUT2D eigenvalue weighted by Crippen LogP contribution is -2.54. The summed E-state index contributed by atoms with van der Waals surface area (Å²) in [7, 11) is 1.70. The van der Waals surface area contributed by atoms with E-state index in [0.29, 0.717) is 12.6 Å². The Kier molecular flexibility index (Phi) is 5.45. The standard InChI is InChI=1S/C25H30ClNO2/c1-28-23-7-3-5-19(25(23)29-15-16-4-2-6-22(26)13-16)14-27-24-20-9-17-8-18(11-20)12-21(24)10-17/h2-7,13,17-18,20-21,24,27H,8-12,14-15H2,1H3. The van der Waals surface area contributed by atoms with Crippen molar-refractivity contribution in [3.8, 4) is 11.5 Å². The molecule has 4 saturated carbocycles. The van der Waals surface area contributed by atoms with Crippen molar-refractivity contribution in [3.63, 3.8) is 0 Å². The Hall–Kier alpha value is -1.71. The molecule has 4 aliphatic rings. The first-order valence-electron chi connectivity index (χ1n) is 11.0. The minimum Gasteiger partial charge on any atom is -0.493 e. The van der Waals surface area contributed by atoms with Crippen molar-refractivity contribution in [2.75, 3.05) is 7.11 Å². The molecule has 0 atom stereocenters. The van der Waals surface area contributed by atoms with E-state index >= 15 is 0 Å². The highest BCUT2D eigenvalue weighted by Crippen LogP contribution is 2.53. The fourth-order valence-corrected chi connectivity index (χ4v) is 6.51. The molecule has 29 heavy (non-hydrogen) atoms. The molecule has 4 heteroatoms. The minimum atomic E-state index is 0.478. The van der Waals surface area contributed by atoms with Gasteiger partial charge in [-0.25, -0.2) is 0 Å². The van der Waals surface area contributed by atoms with Gasteiger partial charge in [-0.05, 0) is 79.5 Å². The summed E-state index contributed by atoms with van der Waals surface area (Å²) in [5.74, 6) is 5.37. The maximum absolute atomic E-state index is 6.23. The zero-order chi connectivity index (χ0) is 19.8. The molecule has 0 amide bonds. The normalized spacial score (nSPS) is 29.8. The van der Waals surface area contributed by atoms with Gasteiger partial charge in [0.2, 0.25) is 0 Å². The number of rotatable bonds is 7. The monoisotopic (exact) mass is 411 g/mol. The van der Waals surface area contributed by atoms with E-state index in [2.05, 4.69) is 17.4 Å². The van der Waals surface area contributed by atoms with E-state index in [1.54, 1.807) is 7.11 Å². The summed E-state index contributed by atoms with van der Waals surface area (Å²) in [6, 6.07) is 14.7. The van der Waals surface area contributed by atoms with Crippen molar-refractivity contribution >= 4 is 11.6 Å². The topological polar surface area (TPSA) is 30.5 Å². The number of halogens is 1. The molecule has 0 unspecified atom stereocenters. The van der Waals surface area contributed by atoms with E-state index < -0.39 is 0 Å². The molecule has 2 aromatic carbocycles. The van der Waals surface area contributed by atoms with Crippen LogP contribution in [0.4, 0.5) is 0 Å². The summed E-state index contributed by atoms with van der Waals surface area (Å²) >= 11 is 6.12. The number of hydrogen-bond acceptors (Lipinski definition) is 3. The van der Waals surface area contributed by atoms with Crippen LogP contribution in [-0.4, -0.2) is 13.2 Å². The van der Waals surface area contributed by atoms with Gasteiger partial charge in [-0.15, -0.1) is 0 Å². The Balaban J connectivity index is 1.29. The molecule has 4 fully saturated rings. The lowest BCUT2D eigenvalue weighted by Gasteiger charge is -2.54. The second kappa shape index (κ2) is 8.20. The van der Waals surface area contributed by atoms with E-state index in [-0.39, 0.29) is 0 Å². The maximum atomic E-state index is 6.23. The molecule has 0 radical (unpaired) electrons. The summed E-state index contributed by atoms with van der Waals surface area (Å²) in [5.41, 5.74) is 2.23. The van der Waals surface area contributed by atoms with E-state index in [1.807, 2.05) is 30.3 Å². The van der Waals surface area contributed by atoms with E-state index in [9.17, 15) is 0 Å². The summed E-state index contributed by atoms with van der Waals surface area (Å²) in [6.07, 6.45) is 7.22. The predicted molar refractivity (Wildman–Crippen MR) is 116 cm³/mol. The fourth-order valence-electron chi connectivity index (χ4n) is 6.29. The number of nitrogens with one attached hydrogen (secondary N) is 1. The number of benzene rings is 2. The van der Waals surface area contributed by atoms with Crippen LogP contribution in [0.2, 0.25) is 5.02 Å². The van der Waals surface area contributed by atoms with Gasteiger partial charge in [-0.1, -0.05) is 35.9 Å². The third-order valence-electron chi connectivity index (χ3n) is 7.31. The van der Waals surface area contributed by atoms with Crippen molar-refractivity contribution in [2.24, 2.45) is 23.7 Å². The molecule has 1 N–H and O–H groups in total. The molecule has 2 aromatic rings. The highest BCUT2D eigenvalue weighted by atomic mass is 35.5. The lowest BCUT2D eigenvalue weighted by molar-refractivity contribution is -0.0143. The third-order valence-corrected chi connectivity index (χ3v) is 7.54. The van der Waals surface area contributed by atoms with Gasteiger partial charge in [0.25, 0.3) is 0 Å². The van der Waals surface area contributed by atoms with Crippen molar-refractivity contribution in [1.29, 1.82) is 0 Å². The van der Waals surface area contributed by atoms with Gasteiger partial charge in [-0.3, -0.25) is 0 Å². The number of methoxy groups -OCH3 is 1. The highest BCUT2D eigenvalue weighted by molar-refractivity contribution is 6.30. The van der Waals surface area contributed by atoms with Gasteiger partial charge in [0.1, 0.15) is 6.61 Å². The largest absolute Gasteiger partial charge is 0.493 e. The first-order valence-corrected chi connectivity index (χ1v) is 11.3. The molecule has 0 saturated heterocycles. The lowest BCUT2D eigenvalue weighted by atomic mass is 9.54. The van der Waals surface area contributed by atoms with Crippen LogP contribution >= 0.6 is 11.6 Å². The number of hydrogen-bond donors (Lipinski definition) is 1. The molecule has 6 rings (SSSR count). The molecule has 4 aliphatic carbocycles. The van der Waals surface area contributed by atoms with Gasteiger partial charge < -0.3 is 14.8 Å². The maximum Gasteiger partial charge on any atom is 0.166 e. The van der Waals surface area contributed by atoms with Crippen molar-refractivity contribution in [3.05, 3.63) is 58.6 Å². The molecule has 154 valence electrons. The summed E-state index contributed by atoms with van der Waals surface area (Å²) in [5, 5.41) is 4.65. The van der Waals surface area contributed by atoms with Crippen LogP contribution in [0.5, 0.6) is 11.5 Å². The van der Waals surface area contributed by atoms with E-state index in [1.165, 1.54) is 37.7 Å². The Morgan fingerprint density at radius 1 is 0.966 bits per heavy atom. The zero-order valence-electron chi connectivity index (χ0n) is 17.1. The smallest absolute Gasteiger partial charge is 0.166 e. The molecule has 0 spiro atoms. The van der Waals surface area contributed by atoms with Gasteiger partial charge in [0, 0.05) is 23.2 Å². The first kappa shape index (κ1) is 19.3. The van der Waals surface area contributed by atoms with Crippen molar-refractivity contribution < 1.29 is 9.47 Å². The second-order valence-corrected chi connectivity index (χ2v) is 9.64. The summed E-state index contributed by atoms with van der Waals surface area (Å²) < 4.78 is 11.8. The average molecular weight is 412 g/mol. The summed E-state index contributed by atoms with van der Waals surface area (Å²) in [4.78, 5) is 0. The molecule has 0 aliphatic heterocycles. The highest BCUT2D eigenvalue weighted by Gasteiger charge is 2.47. The summed E-state index contributed by atoms with van der Waals surface area (Å²) in [6.45, 7) is 1.31. The zero-order valence-corrected chi connectivity index (χ0v) is 17.8. The third kappa shape index (κ3) is 4.00. The van der Waals surface area contributed by atoms with Gasteiger partial charge in [0.15, 0.2) is 11.5 Å². The quantitative estimate of drug-likeness (QED) is 0.620. The van der Waals surface area contributed by atoms with Crippen LogP contribution < -0.4 is 14.8 Å². The van der Waals surface area contributed by atoms with Crippen LogP contribution in [0, 0.1) is 23.7 Å². The first-order chi connectivity index (χ1) is 14.2. The Morgan fingerprint density at radius 2 is 1.69 bits per heavy atom. The van der Waals surface area contributed by atoms with Gasteiger partial charge in [0.05, 0.1) is 7.11 Å². The van der Waals surface area contributed by atoms with Crippen molar-refractivity contribution in [2.45, 2.75) is 51.3 Å². The fraction of sp³-hybridized carbons (Fsp3) is 0.520. The van der Waals surface area contributed by atoms with E-state index in [4.69, 9.17) is 21.1 Å². The molecule has 4 bridgehead atoms. The number of ether oxygens (including phenoxy) is 2. The second-order valence-electron chi connectivity index (χ2n) is 9.20. The Bertz CT molecular complexity index is 840. The van der Waals surface area contributed by atoms with Gasteiger partial charge in [-0.2, -0.15) is 0 Å². The molecular formula is C25H30ClNO2. The number of para-hydroxylation sites is 1. The average Bonchev–Trinajstić information content (AvgIpc) is 2.71. The molecule has 0 heterocycles. The van der Waals surface area contributed by atoms with Crippen LogP contribution in [0.1, 0.15) is 43.2 Å². The predicted octanol–water partition coefficient (Wildman–Crippen LogP) is 5.84. The van der Waals surface area contributed by atoms with Crippen LogP contribution in [-0.2, 0) is 13.2 Å². The van der Waals surface area contributed by atoms with Crippen molar-refractivity contribution in [1.82, 2.24) is 5.32 Å². The minimum absolute atomic E-state index is 0.478. The molecule has 0 aromatic heterocycles. The van der Waals surface area contributed by atoms with Crippen LogP contribution in [0.25, 0.3) is 0 Å². The molecule has 3 nitrogen and oxygen atoms in total.